The molecule has 20 heavy (non-hydrogen) atoms. The van der Waals surface area contributed by atoms with Gasteiger partial charge in [-0.1, -0.05) is 27.7 Å². The molecule has 0 aliphatic rings. The van der Waals surface area contributed by atoms with Crippen LogP contribution in [0.5, 0.6) is 0 Å². The van der Waals surface area contributed by atoms with Gasteiger partial charge in [-0.25, -0.2) is 8.42 Å². The van der Waals surface area contributed by atoms with Crippen LogP contribution in [0.1, 0.15) is 34.6 Å². The van der Waals surface area contributed by atoms with Gasteiger partial charge < -0.3 is 5.73 Å². The van der Waals surface area contributed by atoms with E-state index in [-0.39, 0.29) is 22.5 Å². The number of aromatic nitrogens is 2. The zero-order chi connectivity index (χ0) is 15.5. The monoisotopic (exact) mass is 302 g/mol. The Morgan fingerprint density at radius 1 is 1.25 bits per heavy atom. The van der Waals surface area contributed by atoms with Crippen LogP contribution in [-0.2, 0) is 16.6 Å². The summed E-state index contributed by atoms with van der Waals surface area (Å²) in [5, 5.41) is 4.02. The Labute approximate surface area is 122 Å². The maximum Gasteiger partial charge on any atom is 0.248 e. The molecule has 2 N–H and O–H groups in total. The maximum absolute atomic E-state index is 12.7. The second kappa shape index (κ2) is 6.58. The molecule has 6 nitrogen and oxygen atoms in total. The van der Waals surface area contributed by atoms with Gasteiger partial charge in [0.05, 0.1) is 0 Å². The first-order valence-corrected chi connectivity index (χ1v) is 8.45. The summed E-state index contributed by atoms with van der Waals surface area (Å²) in [4.78, 5) is 0.112. The molecule has 116 valence electrons. The number of nitrogens with zero attached hydrogens (tertiary/aromatic N) is 3. The smallest absolute Gasteiger partial charge is 0.248 e. The van der Waals surface area contributed by atoms with E-state index >= 15 is 0 Å². The Kier molecular flexibility index (Phi) is 5.59. The van der Waals surface area contributed by atoms with Crippen LogP contribution in [0.4, 0.5) is 5.82 Å². The van der Waals surface area contributed by atoms with Gasteiger partial charge in [0.1, 0.15) is 4.90 Å². The molecule has 0 atom stereocenters. The minimum atomic E-state index is -3.59. The minimum absolute atomic E-state index is 0.0735. The van der Waals surface area contributed by atoms with Gasteiger partial charge in [-0.3, -0.25) is 4.68 Å². The normalized spacial score (nSPS) is 12.8. The fourth-order valence-electron chi connectivity index (χ4n) is 2.00. The van der Waals surface area contributed by atoms with E-state index in [4.69, 9.17) is 5.73 Å². The minimum Gasteiger partial charge on any atom is -0.381 e. The molecular weight excluding hydrogens is 276 g/mol. The number of sulfonamides is 1. The lowest BCUT2D eigenvalue weighted by Gasteiger charge is -2.25. The third kappa shape index (κ3) is 3.96. The van der Waals surface area contributed by atoms with Crippen molar-refractivity contribution in [2.75, 3.05) is 18.8 Å². The fourth-order valence-corrected chi connectivity index (χ4v) is 3.83. The van der Waals surface area contributed by atoms with Crippen molar-refractivity contribution < 1.29 is 8.42 Å². The van der Waals surface area contributed by atoms with Crippen molar-refractivity contribution in [1.82, 2.24) is 14.1 Å². The standard InChI is InChI=1S/C13H26N4O2S/c1-6-16-9-12(13(14)15-16)20(18,19)17(7-10(2)3)8-11(4)5/h9-11H,6-8H2,1-5H3,(H2,14,15). The molecule has 0 radical (unpaired) electrons. The van der Waals surface area contributed by atoms with E-state index in [1.807, 2.05) is 34.6 Å². The van der Waals surface area contributed by atoms with E-state index in [1.54, 1.807) is 4.68 Å². The lowest BCUT2D eigenvalue weighted by molar-refractivity contribution is 0.333. The average Bonchev–Trinajstić information content (AvgIpc) is 2.69. The molecule has 0 amide bonds. The topological polar surface area (TPSA) is 81.2 Å². The number of rotatable bonds is 7. The van der Waals surface area contributed by atoms with Crippen LogP contribution >= 0.6 is 0 Å². The van der Waals surface area contributed by atoms with Crippen molar-refractivity contribution in [1.29, 1.82) is 0 Å². The third-order valence-electron chi connectivity index (χ3n) is 2.83. The molecular formula is C13H26N4O2S. The molecule has 1 heterocycles. The number of aryl methyl sites for hydroxylation is 1. The highest BCUT2D eigenvalue weighted by Crippen LogP contribution is 2.23. The molecule has 0 unspecified atom stereocenters. The Bertz CT molecular complexity index is 525. The second-order valence-corrected chi connectivity index (χ2v) is 7.75. The van der Waals surface area contributed by atoms with Crippen molar-refractivity contribution in [3.05, 3.63) is 6.20 Å². The number of hydrogen-bond donors (Lipinski definition) is 1. The molecule has 0 saturated heterocycles. The quantitative estimate of drug-likeness (QED) is 0.832. The van der Waals surface area contributed by atoms with E-state index in [9.17, 15) is 8.42 Å². The van der Waals surface area contributed by atoms with Crippen molar-refractivity contribution in [2.45, 2.75) is 46.1 Å². The number of hydrogen-bond acceptors (Lipinski definition) is 4. The molecule has 0 bridgehead atoms. The van der Waals surface area contributed by atoms with Crippen LogP contribution in [0.15, 0.2) is 11.1 Å². The Balaban J connectivity index is 3.17. The van der Waals surface area contributed by atoms with Gasteiger partial charge in [0, 0.05) is 25.8 Å². The number of nitrogen functional groups attached to an aromatic ring is 1. The molecule has 0 saturated carbocycles. The lowest BCUT2D eigenvalue weighted by atomic mass is 10.2. The fraction of sp³-hybridized carbons (Fsp3) is 0.769. The average molecular weight is 302 g/mol. The van der Waals surface area contributed by atoms with Gasteiger partial charge >= 0.3 is 0 Å². The SMILES string of the molecule is CCn1cc(S(=O)(=O)N(CC(C)C)CC(C)C)c(N)n1. The van der Waals surface area contributed by atoms with Crippen molar-refractivity contribution in [2.24, 2.45) is 11.8 Å². The van der Waals surface area contributed by atoms with Crippen LogP contribution in [0.2, 0.25) is 0 Å². The summed E-state index contributed by atoms with van der Waals surface area (Å²) < 4.78 is 28.5. The van der Waals surface area contributed by atoms with Crippen LogP contribution in [0.25, 0.3) is 0 Å². The van der Waals surface area contributed by atoms with Crippen molar-refractivity contribution in [3.63, 3.8) is 0 Å². The molecule has 0 aliphatic carbocycles. The van der Waals surface area contributed by atoms with Gasteiger partial charge in [0.25, 0.3) is 0 Å². The van der Waals surface area contributed by atoms with Crippen LogP contribution in [-0.4, -0.2) is 35.6 Å². The van der Waals surface area contributed by atoms with E-state index in [2.05, 4.69) is 5.10 Å². The number of anilines is 1. The first kappa shape index (κ1) is 17.0. The van der Waals surface area contributed by atoms with Crippen LogP contribution in [0.3, 0.4) is 0 Å². The van der Waals surface area contributed by atoms with Gasteiger partial charge in [-0.2, -0.15) is 9.40 Å². The summed E-state index contributed by atoms with van der Waals surface area (Å²) in [5.74, 6) is 0.585. The Morgan fingerprint density at radius 3 is 2.10 bits per heavy atom. The Morgan fingerprint density at radius 2 is 1.75 bits per heavy atom. The van der Waals surface area contributed by atoms with Gasteiger partial charge in [0.15, 0.2) is 5.82 Å². The van der Waals surface area contributed by atoms with Crippen LogP contribution in [0, 0.1) is 11.8 Å². The van der Waals surface area contributed by atoms with E-state index < -0.39 is 10.0 Å². The summed E-state index contributed by atoms with van der Waals surface area (Å²) >= 11 is 0. The molecule has 7 heteroatoms. The first-order chi connectivity index (χ1) is 9.18. The summed E-state index contributed by atoms with van der Waals surface area (Å²) in [5.41, 5.74) is 5.76. The summed E-state index contributed by atoms with van der Waals surface area (Å²) in [6, 6.07) is 0. The van der Waals surface area contributed by atoms with E-state index in [0.29, 0.717) is 19.6 Å². The highest BCUT2D eigenvalue weighted by atomic mass is 32.2. The molecule has 0 aromatic carbocycles. The maximum atomic E-state index is 12.7. The zero-order valence-electron chi connectivity index (χ0n) is 13.0. The van der Waals surface area contributed by atoms with E-state index in [0.717, 1.165) is 0 Å². The molecule has 0 spiro atoms. The van der Waals surface area contributed by atoms with E-state index in [1.165, 1.54) is 10.5 Å². The van der Waals surface area contributed by atoms with Gasteiger partial charge in [0.2, 0.25) is 10.0 Å². The van der Waals surface area contributed by atoms with Gasteiger partial charge in [-0.15, -0.1) is 0 Å². The molecule has 0 aliphatic heterocycles. The molecule has 0 fully saturated rings. The summed E-state index contributed by atoms with van der Waals surface area (Å²) in [6.07, 6.45) is 1.51. The molecule has 1 aromatic rings. The predicted octanol–water partition coefficient (Wildman–Crippen LogP) is 1.79. The Hall–Kier alpha value is -1.08. The lowest BCUT2D eigenvalue weighted by Crippen LogP contribution is -2.37. The molecule has 1 aromatic heterocycles. The molecule has 1 rings (SSSR count). The summed E-state index contributed by atoms with van der Waals surface area (Å²) in [7, 11) is -3.59. The highest BCUT2D eigenvalue weighted by Gasteiger charge is 2.29. The first-order valence-electron chi connectivity index (χ1n) is 7.01. The highest BCUT2D eigenvalue weighted by molar-refractivity contribution is 7.89. The second-order valence-electron chi connectivity index (χ2n) is 5.84. The van der Waals surface area contributed by atoms with Crippen molar-refractivity contribution >= 4 is 15.8 Å². The van der Waals surface area contributed by atoms with Crippen LogP contribution < -0.4 is 5.73 Å². The zero-order valence-corrected chi connectivity index (χ0v) is 13.8. The predicted molar refractivity (Wildman–Crippen MR) is 80.7 cm³/mol. The third-order valence-corrected chi connectivity index (χ3v) is 4.68. The van der Waals surface area contributed by atoms with Gasteiger partial charge in [-0.05, 0) is 18.8 Å². The van der Waals surface area contributed by atoms with Crippen molar-refractivity contribution in [3.8, 4) is 0 Å². The largest absolute Gasteiger partial charge is 0.381 e. The number of nitrogens with two attached hydrogens (primary N) is 1. The summed E-state index contributed by atoms with van der Waals surface area (Å²) in [6.45, 7) is 11.5.